The van der Waals surface area contributed by atoms with Gasteiger partial charge in [-0.2, -0.15) is 15.2 Å². The van der Waals surface area contributed by atoms with Crippen molar-refractivity contribution in [2.75, 3.05) is 23.3 Å². The molecule has 4 rings (SSSR count). The molecule has 0 spiro atoms. The Bertz CT molecular complexity index is 1450. The third kappa shape index (κ3) is 5.59. The van der Waals surface area contributed by atoms with Gasteiger partial charge in [0.05, 0.1) is 22.0 Å². The van der Waals surface area contributed by atoms with E-state index in [0.717, 1.165) is 12.8 Å². The van der Waals surface area contributed by atoms with Gasteiger partial charge < -0.3 is 22.1 Å². The Morgan fingerprint density at radius 3 is 2.65 bits per heavy atom. The van der Waals surface area contributed by atoms with Crippen molar-refractivity contribution in [3.05, 3.63) is 45.0 Å². The average molecular weight is 524 g/mol. The zero-order valence-corrected chi connectivity index (χ0v) is 21.8. The van der Waals surface area contributed by atoms with E-state index in [-0.39, 0.29) is 40.5 Å². The molecule has 1 atom stereocenters. The predicted octanol–water partition coefficient (Wildman–Crippen LogP) is 2.99. The first kappa shape index (κ1) is 26.2. The third-order valence-corrected chi connectivity index (χ3v) is 6.53. The summed E-state index contributed by atoms with van der Waals surface area (Å²) < 4.78 is 1.59. The van der Waals surface area contributed by atoms with Crippen molar-refractivity contribution in [1.29, 1.82) is 5.26 Å². The van der Waals surface area contributed by atoms with Crippen LogP contribution >= 0.6 is 11.6 Å². The SMILES string of the molecule is CC(C)(C)C(=O)NCCCn1c([C@@H](Nc2nc(N)nc(N)c2C#N)C2CC2)nc2cccc(Cl)c2c1=O. The van der Waals surface area contributed by atoms with E-state index in [4.69, 9.17) is 28.1 Å². The number of amides is 1. The van der Waals surface area contributed by atoms with Crippen LogP contribution in [0.2, 0.25) is 5.02 Å². The van der Waals surface area contributed by atoms with Crippen LogP contribution in [0.25, 0.3) is 10.9 Å². The highest BCUT2D eigenvalue weighted by Crippen LogP contribution is 2.43. The van der Waals surface area contributed by atoms with Crippen LogP contribution in [0.4, 0.5) is 17.6 Å². The summed E-state index contributed by atoms with van der Waals surface area (Å²) >= 11 is 6.39. The predicted molar refractivity (Wildman–Crippen MR) is 143 cm³/mol. The molecule has 6 N–H and O–H groups in total. The smallest absolute Gasteiger partial charge is 0.262 e. The summed E-state index contributed by atoms with van der Waals surface area (Å²) in [6.45, 7) is 6.22. The summed E-state index contributed by atoms with van der Waals surface area (Å²) in [6, 6.07) is 6.72. The summed E-state index contributed by atoms with van der Waals surface area (Å²) in [4.78, 5) is 38.9. The molecule has 1 aliphatic carbocycles. The van der Waals surface area contributed by atoms with Crippen molar-refractivity contribution in [1.82, 2.24) is 24.8 Å². The number of nitrogen functional groups attached to an aromatic ring is 2. The first-order chi connectivity index (χ1) is 17.5. The van der Waals surface area contributed by atoms with Crippen LogP contribution in [0.15, 0.2) is 23.0 Å². The molecule has 0 saturated heterocycles. The van der Waals surface area contributed by atoms with Crippen LogP contribution in [0.5, 0.6) is 0 Å². The number of hydrogen-bond donors (Lipinski definition) is 4. The third-order valence-electron chi connectivity index (χ3n) is 6.22. The fourth-order valence-corrected chi connectivity index (χ4v) is 4.33. The molecule has 1 amide bonds. The van der Waals surface area contributed by atoms with Crippen molar-refractivity contribution >= 4 is 46.0 Å². The fourth-order valence-electron chi connectivity index (χ4n) is 4.08. The van der Waals surface area contributed by atoms with Gasteiger partial charge in [-0.05, 0) is 37.3 Å². The lowest BCUT2D eigenvalue weighted by Gasteiger charge is -2.24. The number of nitrogens with one attached hydrogen (secondary N) is 2. The molecule has 2 aromatic heterocycles. The summed E-state index contributed by atoms with van der Waals surface area (Å²) in [5.74, 6) is 0.661. The number of benzene rings is 1. The highest BCUT2D eigenvalue weighted by Gasteiger charge is 2.37. The second-order valence-corrected chi connectivity index (χ2v) is 10.6. The van der Waals surface area contributed by atoms with E-state index in [1.165, 1.54) is 0 Å². The molecule has 0 bridgehead atoms. The number of halogens is 1. The first-order valence-corrected chi connectivity index (χ1v) is 12.5. The number of carbonyl (C=O) groups excluding carboxylic acids is 1. The lowest BCUT2D eigenvalue weighted by atomic mass is 9.96. The first-order valence-electron chi connectivity index (χ1n) is 12.1. The van der Waals surface area contributed by atoms with Gasteiger partial charge in [0.2, 0.25) is 11.9 Å². The number of anilines is 3. The number of aromatic nitrogens is 4. The number of nitriles is 1. The molecule has 194 valence electrons. The van der Waals surface area contributed by atoms with E-state index in [9.17, 15) is 14.9 Å². The maximum atomic E-state index is 13.7. The van der Waals surface area contributed by atoms with Crippen molar-refractivity contribution in [2.24, 2.45) is 11.3 Å². The molecule has 3 aromatic rings. The van der Waals surface area contributed by atoms with Crippen LogP contribution < -0.4 is 27.7 Å². The molecule has 11 nitrogen and oxygen atoms in total. The minimum absolute atomic E-state index is 0.0303. The molecular formula is C25H30ClN9O2. The summed E-state index contributed by atoms with van der Waals surface area (Å²) in [5, 5.41) is 16.5. The summed E-state index contributed by atoms with van der Waals surface area (Å²) in [5.41, 5.74) is 11.5. The van der Waals surface area contributed by atoms with Gasteiger partial charge >= 0.3 is 0 Å². The van der Waals surface area contributed by atoms with Gasteiger partial charge in [0.1, 0.15) is 23.3 Å². The molecule has 0 radical (unpaired) electrons. The molecule has 1 aromatic carbocycles. The van der Waals surface area contributed by atoms with Crippen LogP contribution in [0.1, 0.15) is 57.5 Å². The molecule has 1 saturated carbocycles. The van der Waals surface area contributed by atoms with Gasteiger partial charge in [0.15, 0.2) is 5.82 Å². The van der Waals surface area contributed by atoms with Crippen molar-refractivity contribution in [2.45, 2.75) is 52.6 Å². The lowest BCUT2D eigenvalue weighted by Crippen LogP contribution is -2.36. The number of fused-ring (bicyclic) bond motifs is 1. The van der Waals surface area contributed by atoms with Gasteiger partial charge in [-0.1, -0.05) is 38.4 Å². The minimum Gasteiger partial charge on any atom is -0.382 e. The highest BCUT2D eigenvalue weighted by atomic mass is 35.5. The molecule has 37 heavy (non-hydrogen) atoms. The van der Waals surface area contributed by atoms with E-state index in [1.54, 1.807) is 22.8 Å². The molecular weight excluding hydrogens is 494 g/mol. The minimum atomic E-state index is -0.513. The lowest BCUT2D eigenvalue weighted by molar-refractivity contribution is -0.128. The largest absolute Gasteiger partial charge is 0.382 e. The molecule has 0 unspecified atom stereocenters. The van der Waals surface area contributed by atoms with Crippen LogP contribution in [0.3, 0.4) is 0 Å². The highest BCUT2D eigenvalue weighted by molar-refractivity contribution is 6.35. The van der Waals surface area contributed by atoms with E-state index in [1.807, 2.05) is 26.8 Å². The second-order valence-electron chi connectivity index (χ2n) is 10.2. The van der Waals surface area contributed by atoms with Gasteiger partial charge in [0, 0.05) is 18.5 Å². The fraction of sp³-hybridized carbons (Fsp3) is 0.440. The molecule has 1 aliphatic rings. The number of nitrogens with two attached hydrogens (primary N) is 2. The molecule has 1 fully saturated rings. The zero-order valence-electron chi connectivity index (χ0n) is 21.0. The number of rotatable bonds is 8. The Hall–Kier alpha value is -3.91. The van der Waals surface area contributed by atoms with Crippen LogP contribution in [-0.4, -0.2) is 32.0 Å². The Labute approximate surface area is 219 Å². The number of carbonyl (C=O) groups is 1. The molecule has 12 heteroatoms. The maximum Gasteiger partial charge on any atom is 0.262 e. The Balaban J connectivity index is 1.75. The number of hydrogen-bond acceptors (Lipinski definition) is 9. The van der Waals surface area contributed by atoms with E-state index >= 15 is 0 Å². The Kier molecular flexibility index (Phi) is 7.23. The average Bonchev–Trinajstić information content (AvgIpc) is 3.65. The van der Waals surface area contributed by atoms with Gasteiger partial charge in [-0.25, -0.2) is 4.98 Å². The molecule has 2 heterocycles. The second kappa shape index (κ2) is 10.2. The standard InChI is InChI=1S/C25H30ClN9O2/c1-25(2,3)23(37)30-10-5-11-35-21(31-16-7-4-6-15(26)17(16)22(35)36)18(13-8-9-13)32-20-14(12-27)19(28)33-24(29)34-20/h4,6-7,13,18H,5,8-11H2,1-3H3,(H,30,37)(H5,28,29,32,33,34)/t18-/m0/s1. The van der Waals surface area contributed by atoms with E-state index < -0.39 is 11.5 Å². The molecule has 0 aliphatic heterocycles. The van der Waals surface area contributed by atoms with Crippen LogP contribution in [-0.2, 0) is 11.3 Å². The summed E-state index contributed by atoms with van der Waals surface area (Å²) in [7, 11) is 0. The van der Waals surface area contributed by atoms with E-state index in [2.05, 4.69) is 20.6 Å². The quantitative estimate of drug-likeness (QED) is 0.323. The zero-order chi connectivity index (χ0) is 26.9. The Morgan fingerprint density at radius 2 is 2.00 bits per heavy atom. The normalized spacial score (nSPS) is 14.2. The summed E-state index contributed by atoms with van der Waals surface area (Å²) in [6.07, 6.45) is 2.31. The van der Waals surface area contributed by atoms with Gasteiger partial charge in [0.25, 0.3) is 5.56 Å². The number of nitrogens with zero attached hydrogens (tertiary/aromatic N) is 5. The van der Waals surface area contributed by atoms with Crippen molar-refractivity contribution < 1.29 is 4.79 Å². The van der Waals surface area contributed by atoms with Gasteiger partial charge in [-0.15, -0.1) is 0 Å². The van der Waals surface area contributed by atoms with Gasteiger partial charge in [-0.3, -0.25) is 14.2 Å². The topological polar surface area (TPSA) is 178 Å². The monoisotopic (exact) mass is 523 g/mol. The van der Waals surface area contributed by atoms with Crippen LogP contribution in [0, 0.1) is 22.7 Å². The Morgan fingerprint density at radius 1 is 1.27 bits per heavy atom. The van der Waals surface area contributed by atoms with Crippen molar-refractivity contribution in [3.8, 4) is 6.07 Å². The van der Waals surface area contributed by atoms with E-state index in [0.29, 0.717) is 41.3 Å². The van der Waals surface area contributed by atoms with Crippen molar-refractivity contribution in [3.63, 3.8) is 0 Å². The maximum absolute atomic E-state index is 13.7.